The summed E-state index contributed by atoms with van der Waals surface area (Å²) >= 11 is 1.33. The number of fused-ring (bicyclic) bond motifs is 1. The van der Waals surface area contributed by atoms with E-state index in [0.717, 1.165) is 16.4 Å². The van der Waals surface area contributed by atoms with Crippen LogP contribution in [0.25, 0.3) is 0 Å². The topological polar surface area (TPSA) is 93.1 Å². The number of thioether (sulfide) groups is 1. The number of benzene rings is 2. The third-order valence-electron chi connectivity index (χ3n) is 4.40. The van der Waals surface area contributed by atoms with Crippen molar-refractivity contribution >= 4 is 35.3 Å². The number of rotatable bonds is 7. The Balaban J connectivity index is 1.91. The molecule has 3 rings (SSSR count). The third-order valence-corrected chi connectivity index (χ3v) is 5.65. The van der Waals surface area contributed by atoms with E-state index in [0.29, 0.717) is 17.7 Å². The predicted octanol–water partition coefficient (Wildman–Crippen LogP) is 3.70. The molecule has 1 amide bonds. The molecule has 1 unspecified atom stereocenters. The van der Waals surface area contributed by atoms with Crippen LogP contribution in [0.1, 0.15) is 35.7 Å². The van der Waals surface area contributed by atoms with Crippen LogP contribution in [0, 0.1) is 0 Å². The van der Waals surface area contributed by atoms with Gasteiger partial charge in [-0.05, 0) is 48.7 Å². The van der Waals surface area contributed by atoms with Crippen LogP contribution in [0.15, 0.2) is 47.4 Å². The zero-order valence-electron chi connectivity index (χ0n) is 16.1. The minimum Gasteiger partial charge on any atom is -0.497 e. The fourth-order valence-corrected chi connectivity index (χ4v) is 4.10. The van der Waals surface area contributed by atoms with Crippen molar-refractivity contribution in [1.82, 2.24) is 0 Å². The van der Waals surface area contributed by atoms with E-state index in [1.165, 1.54) is 23.9 Å². The number of carboxylic acid groups (broad SMARTS) is 1. The molecule has 1 aliphatic rings. The maximum atomic E-state index is 13.1. The highest BCUT2D eigenvalue weighted by Crippen LogP contribution is 2.41. The summed E-state index contributed by atoms with van der Waals surface area (Å²) in [5, 5.41) is 9.70. The highest BCUT2D eigenvalue weighted by atomic mass is 32.2. The summed E-state index contributed by atoms with van der Waals surface area (Å²) in [6.07, 6.45) is 1.16. The van der Waals surface area contributed by atoms with Crippen LogP contribution >= 0.6 is 11.8 Å². The smallest absolute Gasteiger partial charge is 0.335 e. The van der Waals surface area contributed by atoms with Crippen molar-refractivity contribution in [2.45, 2.75) is 36.3 Å². The van der Waals surface area contributed by atoms with Crippen molar-refractivity contribution < 1.29 is 29.1 Å². The summed E-state index contributed by atoms with van der Waals surface area (Å²) in [6, 6.07) is 11.9. The molecule has 0 saturated carbocycles. The summed E-state index contributed by atoms with van der Waals surface area (Å²) in [4.78, 5) is 42.5. The lowest BCUT2D eigenvalue weighted by Crippen LogP contribution is -2.43. The maximum Gasteiger partial charge on any atom is 0.335 e. The van der Waals surface area contributed by atoms with Crippen LogP contribution in [0.4, 0.5) is 5.69 Å². The number of aromatic carboxylic acids is 1. The number of anilines is 1. The Kier molecular flexibility index (Phi) is 6.43. The molecule has 0 fully saturated rings. The number of hydrogen-bond acceptors (Lipinski definition) is 6. The van der Waals surface area contributed by atoms with Gasteiger partial charge in [-0.1, -0.05) is 19.1 Å². The fraction of sp³-hybridized carbons (Fsp3) is 0.286. The Labute approximate surface area is 172 Å². The molecule has 0 aromatic heterocycles. The molecule has 1 aliphatic heterocycles. The van der Waals surface area contributed by atoms with E-state index < -0.39 is 23.1 Å². The average molecular weight is 415 g/mol. The highest BCUT2D eigenvalue weighted by Gasteiger charge is 2.37. The van der Waals surface area contributed by atoms with Crippen molar-refractivity contribution in [3.8, 4) is 5.75 Å². The lowest BCUT2D eigenvalue weighted by molar-refractivity contribution is -0.150. The first-order valence-electron chi connectivity index (χ1n) is 9.14. The lowest BCUT2D eigenvalue weighted by Gasteiger charge is -2.32. The van der Waals surface area contributed by atoms with Gasteiger partial charge in [0.05, 0.1) is 23.6 Å². The minimum absolute atomic E-state index is 0.0160. The van der Waals surface area contributed by atoms with Crippen molar-refractivity contribution in [2.75, 3.05) is 12.2 Å². The van der Waals surface area contributed by atoms with E-state index in [2.05, 4.69) is 0 Å². The van der Waals surface area contributed by atoms with E-state index in [9.17, 15) is 19.5 Å². The monoisotopic (exact) mass is 415 g/mol. The number of hydroxylamine groups is 1. The van der Waals surface area contributed by atoms with Gasteiger partial charge in [0.25, 0.3) is 5.91 Å². The molecule has 0 bridgehead atoms. The molecule has 0 radical (unpaired) electrons. The zero-order valence-corrected chi connectivity index (χ0v) is 16.9. The fourth-order valence-electron chi connectivity index (χ4n) is 2.91. The molecule has 1 atom stereocenters. The number of ether oxygens (including phenoxy) is 1. The van der Waals surface area contributed by atoms with Crippen LogP contribution in [0.2, 0.25) is 0 Å². The molecule has 2 aromatic carbocycles. The molecular weight excluding hydrogens is 394 g/mol. The standard InChI is InChI=1S/C21H21NO6S/c1-3-4-19(23)28-22-16-12-14(21(25)26)7-10-17(16)29-18(20(22)24)11-13-5-8-15(27-2)9-6-13/h5-10,12,18H,3-4,11H2,1-2H3,(H,25,26). The van der Waals surface area contributed by atoms with E-state index in [-0.39, 0.29) is 17.7 Å². The third kappa shape index (κ3) is 4.71. The van der Waals surface area contributed by atoms with Gasteiger partial charge >= 0.3 is 11.9 Å². The number of hydrogen-bond donors (Lipinski definition) is 1. The normalized spacial score (nSPS) is 15.6. The number of carboxylic acids is 1. The minimum atomic E-state index is -1.12. The summed E-state index contributed by atoms with van der Waals surface area (Å²) in [5.41, 5.74) is 1.22. The molecule has 29 heavy (non-hydrogen) atoms. The molecule has 0 saturated heterocycles. The van der Waals surface area contributed by atoms with Gasteiger partial charge in [0.15, 0.2) is 0 Å². The second-order valence-electron chi connectivity index (χ2n) is 6.49. The van der Waals surface area contributed by atoms with Crippen LogP contribution in [0.5, 0.6) is 5.75 Å². The maximum absolute atomic E-state index is 13.1. The Bertz CT molecular complexity index is 927. The second-order valence-corrected chi connectivity index (χ2v) is 7.74. The first kappa shape index (κ1) is 20.7. The largest absolute Gasteiger partial charge is 0.497 e. The van der Waals surface area contributed by atoms with E-state index >= 15 is 0 Å². The number of carbonyl (C=O) groups excluding carboxylic acids is 2. The second kappa shape index (κ2) is 9.00. The quantitative estimate of drug-likeness (QED) is 0.737. The molecular formula is C21H21NO6S. The van der Waals surface area contributed by atoms with Crippen LogP contribution < -0.4 is 9.80 Å². The Morgan fingerprint density at radius 2 is 1.90 bits per heavy atom. The molecule has 0 aliphatic carbocycles. The Morgan fingerprint density at radius 3 is 2.52 bits per heavy atom. The SMILES string of the molecule is CCCC(=O)ON1C(=O)C(Cc2ccc(OC)cc2)Sc2ccc(C(=O)O)cc21. The van der Waals surface area contributed by atoms with Gasteiger partial charge in [-0.2, -0.15) is 0 Å². The number of amides is 1. The zero-order chi connectivity index (χ0) is 21.0. The van der Waals surface area contributed by atoms with E-state index in [4.69, 9.17) is 9.57 Å². The molecule has 1 heterocycles. The number of carbonyl (C=O) groups is 3. The first-order valence-corrected chi connectivity index (χ1v) is 10.0. The molecule has 7 nitrogen and oxygen atoms in total. The predicted molar refractivity (Wildman–Crippen MR) is 108 cm³/mol. The molecule has 0 spiro atoms. The van der Waals surface area contributed by atoms with Crippen molar-refractivity contribution in [1.29, 1.82) is 0 Å². The number of nitrogens with zero attached hydrogens (tertiary/aromatic N) is 1. The summed E-state index contributed by atoms with van der Waals surface area (Å²) in [5.74, 6) is -1.34. The van der Waals surface area contributed by atoms with Crippen molar-refractivity contribution in [3.63, 3.8) is 0 Å². The molecule has 1 N–H and O–H groups in total. The highest BCUT2D eigenvalue weighted by molar-refractivity contribution is 8.01. The van der Waals surface area contributed by atoms with Gasteiger partial charge in [-0.15, -0.1) is 16.8 Å². The van der Waals surface area contributed by atoms with Crippen LogP contribution in [-0.2, 0) is 20.8 Å². The molecule has 2 aromatic rings. The van der Waals surface area contributed by atoms with E-state index in [1.807, 2.05) is 31.2 Å². The summed E-state index contributed by atoms with van der Waals surface area (Å²) in [6.45, 7) is 1.83. The Morgan fingerprint density at radius 1 is 1.17 bits per heavy atom. The van der Waals surface area contributed by atoms with Crippen LogP contribution in [-0.4, -0.2) is 35.3 Å². The van der Waals surface area contributed by atoms with Gasteiger partial charge in [0, 0.05) is 11.3 Å². The molecule has 152 valence electrons. The van der Waals surface area contributed by atoms with Crippen molar-refractivity contribution in [2.24, 2.45) is 0 Å². The first-order chi connectivity index (χ1) is 13.9. The van der Waals surface area contributed by atoms with E-state index in [1.54, 1.807) is 13.2 Å². The number of methoxy groups -OCH3 is 1. The van der Waals surface area contributed by atoms with Gasteiger partial charge in [-0.3, -0.25) is 4.79 Å². The molecule has 8 heteroatoms. The van der Waals surface area contributed by atoms with Gasteiger partial charge in [0.1, 0.15) is 5.75 Å². The summed E-state index contributed by atoms with van der Waals surface area (Å²) in [7, 11) is 1.58. The van der Waals surface area contributed by atoms with Crippen LogP contribution in [0.3, 0.4) is 0 Å². The van der Waals surface area contributed by atoms with Gasteiger partial charge in [0.2, 0.25) is 0 Å². The van der Waals surface area contributed by atoms with Gasteiger partial charge < -0.3 is 14.7 Å². The Hall–Kier alpha value is -3.00. The summed E-state index contributed by atoms with van der Waals surface area (Å²) < 4.78 is 5.16. The van der Waals surface area contributed by atoms with Gasteiger partial charge in [-0.25, -0.2) is 9.59 Å². The lowest BCUT2D eigenvalue weighted by atomic mass is 10.1. The average Bonchev–Trinajstić information content (AvgIpc) is 2.71. The van der Waals surface area contributed by atoms with Crippen molar-refractivity contribution in [3.05, 3.63) is 53.6 Å².